The Kier molecular flexibility index (Phi) is 5.76. The average Bonchev–Trinajstić information content (AvgIpc) is 2.63. The van der Waals surface area contributed by atoms with Crippen LogP contribution in [0.2, 0.25) is 0 Å². The number of hydrogen-bond acceptors (Lipinski definition) is 0. The molecule has 0 unspecified atom stereocenters. The molecule has 124 valence electrons. The Balaban J connectivity index is 1.54. The molecule has 0 aromatic heterocycles. The molecule has 0 heterocycles. The van der Waals surface area contributed by atoms with E-state index in [1.54, 1.807) is 0 Å². The Morgan fingerprint density at radius 1 is 0.875 bits per heavy atom. The minimum atomic E-state index is 0.571. The first-order chi connectivity index (χ1) is 11.7. The summed E-state index contributed by atoms with van der Waals surface area (Å²) in [7, 11) is 0. The van der Waals surface area contributed by atoms with Crippen LogP contribution in [0.1, 0.15) is 67.2 Å². The summed E-state index contributed by atoms with van der Waals surface area (Å²) in [6, 6.07) is 17.9. The highest BCUT2D eigenvalue weighted by atomic mass is 14.2. The maximum atomic E-state index is 3.52. The normalized spacial score (nSPS) is 20.2. The summed E-state index contributed by atoms with van der Waals surface area (Å²) in [6.07, 6.45) is 7.39. The average molecular weight is 316 g/mol. The van der Waals surface area contributed by atoms with Crippen molar-refractivity contribution >= 4 is 0 Å². The fraction of sp³-hybridized carbons (Fsp3) is 0.417. The van der Waals surface area contributed by atoms with Gasteiger partial charge in [0.25, 0.3) is 0 Å². The summed E-state index contributed by atoms with van der Waals surface area (Å²) in [5, 5.41) is 0. The van der Waals surface area contributed by atoms with Gasteiger partial charge in [-0.1, -0.05) is 67.1 Å². The summed E-state index contributed by atoms with van der Waals surface area (Å²) < 4.78 is 0. The second-order valence-corrected chi connectivity index (χ2v) is 7.18. The van der Waals surface area contributed by atoms with Gasteiger partial charge < -0.3 is 0 Å². The molecule has 24 heavy (non-hydrogen) atoms. The van der Waals surface area contributed by atoms with Crippen molar-refractivity contribution in [1.29, 1.82) is 0 Å². The van der Waals surface area contributed by atoms with Crippen molar-refractivity contribution in [2.75, 3.05) is 0 Å². The number of benzene rings is 2. The van der Waals surface area contributed by atoms with Crippen molar-refractivity contribution in [1.82, 2.24) is 0 Å². The van der Waals surface area contributed by atoms with Gasteiger partial charge in [-0.3, -0.25) is 0 Å². The largest absolute Gasteiger partial charge is 0.0945 e. The maximum Gasteiger partial charge on any atom is 0.0245 e. The predicted octanol–water partition coefficient (Wildman–Crippen LogP) is 6.27. The Bertz CT molecular complexity index is 686. The van der Waals surface area contributed by atoms with Gasteiger partial charge in [-0.15, -0.1) is 0 Å². The van der Waals surface area contributed by atoms with E-state index >= 15 is 0 Å². The van der Waals surface area contributed by atoms with E-state index in [9.17, 15) is 0 Å². The molecule has 3 rings (SSSR count). The first-order valence-corrected chi connectivity index (χ1v) is 9.41. The molecule has 1 saturated carbocycles. The van der Waals surface area contributed by atoms with E-state index in [1.165, 1.54) is 48.8 Å². The van der Waals surface area contributed by atoms with Crippen molar-refractivity contribution in [2.45, 2.75) is 58.3 Å². The Hall–Kier alpha value is -2.00. The molecule has 0 atom stereocenters. The van der Waals surface area contributed by atoms with E-state index in [-0.39, 0.29) is 0 Å². The first-order valence-electron chi connectivity index (χ1n) is 9.41. The molecule has 0 amide bonds. The molecule has 1 aliphatic rings. The van der Waals surface area contributed by atoms with Gasteiger partial charge in [0, 0.05) is 11.5 Å². The lowest BCUT2D eigenvalue weighted by Crippen LogP contribution is -2.12. The van der Waals surface area contributed by atoms with Gasteiger partial charge in [0.15, 0.2) is 0 Å². The Labute approximate surface area is 147 Å². The fourth-order valence-corrected chi connectivity index (χ4v) is 3.64. The van der Waals surface area contributed by atoms with Gasteiger partial charge in [0.05, 0.1) is 0 Å². The zero-order valence-electron chi connectivity index (χ0n) is 15.0. The van der Waals surface area contributed by atoms with Gasteiger partial charge in [0.2, 0.25) is 0 Å². The Morgan fingerprint density at radius 3 is 2.17 bits per heavy atom. The monoisotopic (exact) mass is 316 g/mol. The summed E-state index contributed by atoms with van der Waals surface area (Å²) in [4.78, 5) is 0. The standard InChI is InChI=1S/C24H28/c1-3-4-20-7-9-21(10-8-20)11-12-22-13-17-24(18-14-22)23-15-5-19(2)6-16-23/h5-10,15-16,22,24H,3-4,13-14,17-18H2,1-2H3. The van der Waals surface area contributed by atoms with Crippen LogP contribution in [0.3, 0.4) is 0 Å². The minimum absolute atomic E-state index is 0.571. The van der Waals surface area contributed by atoms with Gasteiger partial charge in [-0.2, -0.15) is 0 Å². The molecule has 0 heteroatoms. The van der Waals surface area contributed by atoms with Crippen molar-refractivity contribution in [3.63, 3.8) is 0 Å². The first kappa shape index (κ1) is 16.8. The van der Waals surface area contributed by atoms with Crippen LogP contribution in [-0.4, -0.2) is 0 Å². The lowest BCUT2D eigenvalue weighted by Gasteiger charge is -2.26. The molecule has 0 aliphatic heterocycles. The quantitative estimate of drug-likeness (QED) is 0.585. The van der Waals surface area contributed by atoms with Crippen molar-refractivity contribution in [3.05, 3.63) is 70.8 Å². The second kappa shape index (κ2) is 8.20. The number of aryl methyl sites for hydroxylation is 2. The van der Waals surface area contributed by atoms with E-state index in [4.69, 9.17) is 0 Å². The highest BCUT2D eigenvalue weighted by Gasteiger charge is 2.20. The molecule has 0 bridgehead atoms. The number of rotatable bonds is 3. The van der Waals surface area contributed by atoms with E-state index in [0.717, 1.165) is 17.9 Å². The third-order valence-electron chi connectivity index (χ3n) is 5.19. The summed E-state index contributed by atoms with van der Waals surface area (Å²) in [5.41, 5.74) is 5.44. The Morgan fingerprint density at radius 2 is 1.54 bits per heavy atom. The van der Waals surface area contributed by atoms with Gasteiger partial charge in [-0.05, 0) is 68.2 Å². The van der Waals surface area contributed by atoms with E-state index in [2.05, 4.69) is 74.2 Å². The highest BCUT2D eigenvalue weighted by molar-refractivity contribution is 5.36. The lowest BCUT2D eigenvalue weighted by atomic mass is 9.79. The van der Waals surface area contributed by atoms with Gasteiger partial charge in [0.1, 0.15) is 0 Å². The van der Waals surface area contributed by atoms with Crippen LogP contribution in [0.4, 0.5) is 0 Å². The fourth-order valence-electron chi connectivity index (χ4n) is 3.64. The lowest BCUT2D eigenvalue weighted by molar-refractivity contribution is 0.384. The zero-order valence-corrected chi connectivity index (χ0v) is 15.0. The molecule has 0 saturated heterocycles. The predicted molar refractivity (Wildman–Crippen MR) is 103 cm³/mol. The molecular formula is C24H28. The summed E-state index contributed by atoms with van der Waals surface area (Å²) in [6.45, 7) is 4.38. The molecule has 0 radical (unpaired) electrons. The molecule has 0 spiro atoms. The maximum absolute atomic E-state index is 3.52. The zero-order chi connectivity index (χ0) is 16.8. The molecule has 1 aliphatic carbocycles. The third-order valence-corrected chi connectivity index (χ3v) is 5.19. The molecule has 0 N–H and O–H groups in total. The minimum Gasteiger partial charge on any atom is -0.0945 e. The van der Waals surface area contributed by atoms with E-state index in [0.29, 0.717) is 5.92 Å². The molecular weight excluding hydrogens is 288 g/mol. The van der Waals surface area contributed by atoms with Crippen molar-refractivity contribution in [2.24, 2.45) is 5.92 Å². The molecule has 2 aromatic carbocycles. The summed E-state index contributed by atoms with van der Waals surface area (Å²) >= 11 is 0. The van der Waals surface area contributed by atoms with Crippen LogP contribution < -0.4 is 0 Å². The van der Waals surface area contributed by atoms with E-state index in [1.807, 2.05) is 0 Å². The van der Waals surface area contributed by atoms with Crippen LogP contribution >= 0.6 is 0 Å². The molecule has 2 aromatic rings. The number of hydrogen-bond donors (Lipinski definition) is 0. The summed E-state index contributed by atoms with van der Waals surface area (Å²) in [5.74, 6) is 8.22. The third kappa shape index (κ3) is 4.51. The smallest absolute Gasteiger partial charge is 0.0245 e. The van der Waals surface area contributed by atoms with Crippen LogP contribution in [0.15, 0.2) is 48.5 Å². The molecule has 0 nitrogen and oxygen atoms in total. The molecule has 1 fully saturated rings. The van der Waals surface area contributed by atoms with Crippen LogP contribution in [-0.2, 0) is 6.42 Å². The highest BCUT2D eigenvalue weighted by Crippen LogP contribution is 2.35. The SMILES string of the molecule is CCCc1ccc(C#CC2CCC(c3ccc(C)cc3)CC2)cc1. The van der Waals surface area contributed by atoms with Crippen LogP contribution in [0.25, 0.3) is 0 Å². The van der Waals surface area contributed by atoms with E-state index < -0.39 is 0 Å². The van der Waals surface area contributed by atoms with Gasteiger partial charge >= 0.3 is 0 Å². The van der Waals surface area contributed by atoms with Crippen molar-refractivity contribution < 1.29 is 0 Å². The topological polar surface area (TPSA) is 0 Å². The second-order valence-electron chi connectivity index (χ2n) is 7.18. The van der Waals surface area contributed by atoms with Crippen molar-refractivity contribution in [3.8, 4) is 11.8 Å². The van der Waals surface area contributed by atoms with Crippen LogP contribution in [0, 0.1) is 24.7 Å². The van der Waals surface area contributed by atoms with Crippen LogP contribution in [0.5, 0.6) is 0 Å². The van der Waals surface area contributed by atoms with Gasteiger partial charge in [-0.25, -0.2) is 0 Å².